The van der Waals surface area contributed by atoms with Gasteiger partial charge in [-0.15, -0.1) is 0 Å². The van der Waals surface area contributed by atoms with Gasteiger partial charge in [0.15, 0.2) is 8.32 Å². The summed E-state index contributed by atoms with van der Waals surface area (Å²) in [4.78, 5) is 15.9. The maximum absolute atomic E-state index is 13.5. The third-order valence-electron chi connectivity index (χ3n) is 8.34. The summed E-state index contributed by atoms with van der Waals surface area (Å²) >= 11 is 0. The lowest BCUT2D eigenvalue weighted by atomic mass is 9.86. The maximum Gasteiger partial charge on any atom is 0.323 e. The number of rotatable bonds is 11. The highest BCUT2D eigenvalue weighted by atomic mass is 28.4. The Morgan fingerprint density at radius 2 is 1.67 bits per heavy atom. The second-order valence-electron chi connectivity index (χ2n) is 13.3. The fraction of sp³-hybridized carbons (Fsp3) is 0.767. The Morgan fingerprint density at radius 1 is 1.08 bits per heavy atom. The molecule has 6 heteroatoms. The summed E-state index contributed by atoms with van der Waals surface area (Å²) in [5.41, 5.74) is 7.70. The monoisotopic (exact) mass is 518 g/mol. The van der Waals surface area contributed by atoms with Gasteiger partial charge in [-0.2, -0.15) is 0 Å². The summed E-state index contributed by atoms with van der Waals surface area (Å²) < 4.78 is 12.7. The van der Waals surface area contributed by atoms with E-state index < -0.39 is 13.9 Å². The lowest BCUT2D eigenvalue weighted by Crippen LogP contribution is -2.52. The van der Waals surface area contributed by atoms with Crippen LogP contribution in [0.5, 0.6) is 0 Å². The number of hydrogen-bond donors (Lipinski definition) is 1. The van der Waals surface area contributed by atoms with Crippen molar-refractivity contribution in [1.82, 2.24) is 4.90 Å². The van der Waals surface area contributed by atoms with Gasteiger partial charge < -0.3 is 14.9 Å². The molecule has 2 rings (SSSR count). The SMILES string of the molecule is CCC(CC)C[C@H](N)[C@H]1[C@H](CO[Si](C)(C)C(C)(C)C)C[C@H](C(=O)OC(C)(C)C)N1Cc1ccccc1. The molecule has 4 atom stereocenters. The normalized spacial score (nSPS) is 22.7. The highest BCUT2D eigenvalue weighted by molar-refractivity contribution is 6.74. The van der Waals surface area contributed by atoms with Gasteiger partial charge in [0, 0.05) is 31.2 Å². The van der Waals surface area contributed by atoms with Crippen LogP contribution < -0.4 is 5.73 Å². The first-order valence-electron chi connectivity index (χ1n) is 14.0. The minimum Gasteiger partial charge on any atom is -0.459 e. The number of nitrogens with two attached hydrogens (primary N) is 1. The lowest BCUT2D eigenvalue weighted by molar-refractivity contribution is -0.161. The minimum atomic E-state index is -1.94. The molecule has 0 radical (unpaired) electrons. The number of esters is 1. The third kappa shape index (κ3) is 8.40. The molecule has 0 unspecified atom stereocenters. The Labute approximate surface area is 222 Å². The first kappa shape index (κ1) is 31.0. The molecule has 0 bridgehead atoms. The Morgan fingerprint density at radius 3 is 2.17 bits per heavy atom. The zero-order valence-corrected chi connectivity index (χ0v) is 25.8. The zero-order chi connectivity index (χ0) is 27.3. The van der Waals surface area contributed by atoms with Crippen molar-refractivity contribution in [2.75, 3.05) is 6.61 Å². The van der Waals surface area contributed by atoms with E-state index in [9.17, 15) is 4.79 Å². The quantitative estimate of drug-likeness (QED) is 0.259. The summed E-state index contributed by atoms with van der Waals surface area (Å²) in [7, 11) is -1.94. The summed E-state index contributed by atoms with van der Waals surface area (Å²) in [6.45, 7) is 23.1. The molecule has 1 aliphatic rings. The van der Waals surface area contributed by atoms with E-state index in [0.717, 1.165) is 25.7 Å². The molecule has 206 valence electrons. The predicted octanol–water partition coefficient (Wildman–Crippen LogP) is 6.76. The second-order valence-corrected chi connectivity index (χ2v) is 18.2. The van der Waals surface area contributed by atoms with E-state index in [1.54, 1.807) is 0 Å². The average molecular weight is 519 g/mol. The first-order valence-corrected chi connectivity index (χ1v) is 16.9. The molecule has 1 aliphatic heterocycles. The predicted molar refractivity (Wildman–Crippen MR) is 153 cm³/mol. The van der Waals surface area contributed by atoms with Crippen LogP contribution in [0.4, 0.5) is 0 Å². The van der Waals surface area contributed by atoms with Crippen LogP contribution in [0.15, 0.2) is 30.3 Å². The Kier molecular flexibility index (Phi) is 10.8. The number of carbonyl (C=O) groups is 1. The average Bonchev–Trinajstić information content (AvgIpc) is 3.13. The molecule has 2 N–H and O–H groups in total. The van der Waals surface area contributed by atoms with Crippen molar-refractivity contribution >= 4 is 14.3 Å². The third-order valence-corrected chi connectivity index (χ3v) is 12.8. The van der Waals surface area contributed by atoms with Crippen LogP contribution in [0, 0.1) is 11.8 Å². The molecule has 0 saturated carbocycles. The largest absolute Gasteiger partial charge is 0.459 e. The van der Waals surface area contributed by atoms with Gasteiger partial charge in [0.2, 0.25) is 0 Å². The van der Waals surface area contributed by atoms with Crippen molar-refractivity contribution < 1.29 is 14.0 Å². The van der Waals surface area contributed by atoms with Crippen molar-refractivity contribution in [3.05, 3.63) is 35.9 Å². The highest BCUT2D eigenvalue weighted by Gasteiger charge is 2.49. The van der Waals surface area contributed by atoms with Crippen molar-refractivity contribution in [2.45, 2.75) is 129 Å². The molecule has 1 aromatic carbocycles. The van der Waals surface area contributed by atoms with Crippen LogP contribution >= 0.6 is 0 Å². The summed E-state index contributed by atoms with van der Waals surface area (Å²) in [5, 5.41) is 0.132. The van der Waals surface area contributed by atoms with Gasteiger partial charge in [0.25, 0.3) is 0 Å². The smallest absolute Gasteiger partial charge is 0.323 e. The van der Waals surface area contributed by atoms with Crippen molar-refractivity contribution in [3.63, 3.8) is 0 Å². The van der Waals surface area contributed by atoms with Gasteiger partial charge >= 0.3 is 5.97 Å². The molecule has 0 amide bonds. The minimum absolute atomic E-state index is 0.0286. The van der Waals surface area contributed by atoms with Crippen molar-refractivity contribution in [2.24, 2.45) is 17.6 Å². The fourth-order valence-electron chi connectivity index (χ4n) is 5.09. The van der Waals surface area contributed by atoms with Gasteiger partial charge in [-0.05, 0) is 63.2 Å². The van der Waals surface area contributed by atoms with E-state index >= 15 is 0 Å². The van der Waals surface area contributed by atoms with E-state index in [1.165, 1.54) is 5.56 Å². The molecule has 1 saturated heterocycles. The van der Waals surface area contributed by atoms with E-state index in [0.29, 0.717) is 19.1 Å². The Bertz CT molecular complexity index is 812. The number of nitrogens with zero attached hydrogens (tertiary/aromatic N) is 1. The molecule has 5 nitrogen and oxygen atoms in total. The summed E-state index contributed by atoms with van der Waals surface area (Å²) in [5.74, 6) is 0.624. The molecule has 1 heterocycles. The molecular weight excluding hydrogens is 464 g/mol. The van der Waals surface area contributed by atoms with Gasteiger partial charge in [-0.3, -0.25) is 9.69 Å². The van der Waals surface area contributed by atoms with Gasteiger partial charge in [0.1, 0.15) is 11.6 Å². The number of benzene rings is 1. The number of ether oxygens (including phenoxy) is 1. The van der Waals surface area contributed by atoms with Crippen LogP contribution in [0.25, 0.3) is 0 Å². The van der Waals surface area contributed by atoms with Crippen LogP contribution in [-0.2, 0) is 20.5 Å². The zero-order valence-electron chi connectivity index (χ0n) is 24.8. The van der Waals surface area contributed by atoms with Crippen LogP contribution in [-0.4, -0.2) is 49.5 Å². The van der Waals surface area contributed by atoms with Gasteiger partial charge in [-0.1, -0.05) is 77.8 Å². The summed E-state index contributed by atoms with van der Waals surface area (Å²) in [6.07, 6.45) is 3.92. The highest BCUT2D eigenvalue weighted by Crippen LogP contribution is 2.40. The Hall–Kier alpha value is -1.21. The fourth-order valence-corrected chi connectivity index (χ4v) is 6.16. The molecule has 36 heavy (non-hydrogen) atoms. The molecule has 1 aromatic rings. The molecular formula is C30H54N2O3Si. The molecule has 0 aliphatic carbocycles. The number of likely N-dealkylation sites (tertiary alicyclic amines) is 1. The molecule has 0 aromatic heterocycles. The van der Waals surface area contributed by atoms with E-state index in [-0.39, 0.29) is 35.1 Å². The maximum atomic E-state index is 13.5. The van der Waals surface area contributed by atoms with E-state index in [2.05, 4.69) is 76.9 Å². The van der Waals surface area contributed by atoms with E-state index in [4.69, 9.17) is 14.9 Å². The van der Waals surface area contributed by atoms with Crippen LogP contribution in [0.2, 0.25) is 18.1 Å². The standard InChI is InChI=1S/C30H54N2O3Si/c1-11-22(12-2)18-25(31)27-24(21-34-36(9,10)30(6,7)8)19-26(28(33)35-29(3,4)5)32(27)20-23-16-14-13-15-17-23/h13-17,22,24-27H,11-12,18-21,31H2,1-10H3/t24-,25-,26+,27+/m0/s1. The summed E-state index contributed by atoms with van der Waals surface area (Å²) in [6, 6.07) is 10.1. The van der Waals surface area contributed by atoms with Gasteiger partial charge in [0.05, 0.1) is 0 Å². The first-order chi connectivity index (χ1) is 16.6. The molecule has 1 fully saturated rings. The number of hydrogen-bond acceptors (Lipinski definition) is 5. The number of carbonyl (C=O) groups excluding carboxylic acids is 1. The Balaban J connectivity index is 2.44. The van der Waals surface area contributed by atoms with Crippen molar-refractivity contribution in [3.8, 4) is 0 Å². The van der Waals surface area contributed by atoms with E-state index in [1.807, 2.05) is 26.8 Å². The topological polar surface area (TPSA) is 64.8 Å². The van der Waals surface area contributed by atoms with Crippen LogP contribution in [0.1, 0.15) is 86.6 Å². The van der Waals surface area contributed by atoms with Gasteiger partial charge in [-0.25, -0.2) is 0 Å². The second kappa shape index (κ2) is 12.6. The lowest BCUT2D eigenvalue weighted by Gasteiger charge is -2.39. The van der Waals surface area contributed by atoms with Crippen molar-refractivity contribution in [1.29, 1.82) is 0 Å². The molecule has 0 spiro atoms. The van der Waals surface area contributed by atoms with Crippen LogP contribution in [0.3, 0.4) is 0 Å².